The number of carbonyl (C=O) groups is 1. The van der Waals surface area contributed by atoms with E-state index in [1.54, 1.807) is 11.3 Å². The van der Waals surface area contributed by atoms with E-state index in [-0.39, 0.29) is 11.9 Å². The molecular weight excluding hydrogens is 370 g/mol. The predicted molar refractivity (Wildman–Crippen MR) is 90.9 cm³/mol. The van der Waals surface area contributed by atoms with E-state index < -0.39 is 0 Å². The molecule has 21 heavy (non-hydrogen) atoms. The van der Waals surface area contributed by atoms with Gasteiger partial charge in [0.1, 0.15) is 10.7 Å². The van der Waals surface area contributed by atoms with Crippen molar-refractivity contribution in [2.45, 2.75) is 25.3 Å². The first-order chi connectivity index (χ1) is 10.2. The summed E-state index contributed by atoms with van der Waals surface area (Å²) in [6.45, 7) is 1.32. The Kier molecular flexibility index (Phi) is 4.73. The average molecular weight is 386 g/mol. The molecule has 0 bridgehead atoms. The van der Waals surface area contributed by atoms with Crippen LogP contribution in [0.1, 0.15) is 29.8 Å². The molecule has 0 aliphatic carbocycles. The van der Waals surface area contributed by atoms with Gasteiger partial charge in [-0.25, -0.2) is 4.98 Å². The van der Waals surface area contributed by atoms with Crippen molar-refractivity contribution in [1.82, 2.24) is 9.88 Å². The molecule has 3 rings (SSSR count). The quantitative estimate of drug-likeness (QED) is 0.877. The molecule has 1 atom stereocenters. The van der Waals surface area contributed by atoms with Crippen molar-refractivity contribution in [2.75, 3.05) is 13.1 Å². The topological polar surface area (TPSA) is 59.2 Å². The lowest BCUT2D eigenvalue weighted by Gasteiger charge is -2.34. The summed E-state index contributed by atoms with van der Waals surface area (Å²) in [4.78, 5) is 20.1. The van der Waals surface area contributed by atoms with Crippen molar-refractivity contribution < 1.29 is 4.79 Å². The maximum absolute atomic E-state index is 12.6. The Bertz CT molecular complexity index is 640. The predicted octanol–water partition coefficient (Wildman–Crippen LogP) is 3.59. The Balaban J connectivity index is 1.80. The number of halogens is 1. The Labute approximate surface area is 140 Å². The summed E-state index contributed by atoms with van der Waals surface area (Å²) < 4.78 is 1.05. The SMILES string of the molecule is NCC1CCCCN1C(=O)c1csc(-c2cc(Br)cs2)n1. The molecule has 3 heterocycles. The van der Waals surface area contributed by atoms with Crippen LogP contribution < -0.4 is 5.73 Å². The maximum Gasteiger partial charge on any atom is 0.273 e. The fourth-order valence-corrected chi connectivity index (χ4v) is 4.87. The summed E-state index contributed by atoms with van der Waals surface area (Å²) in [5.74, 6) is 0.0169. The monoisotopic (exact) mass is 385 g/mol. The highest BCUT2D eigenvalue weighted by Crippen LogP contribution is 2.32. The number of aromatic nitrogens is 1. The zero-order valence-corrected chi connectivity index (χ0v) is 14.6. The van der Waals surface area contributed by atoms with Gasteiger partial charge in [-0.05, 0) is 41.3 Å². The molecule has 1 unspecified atom stereocenters. The molecule has 0 saturated carbocycles. The van der Waals surface area contributed by atoms with Gasteiger partial charge in [0.15, 0.2) is 0 Å². The maximum atomic E-state index is 12.6. The first-order valence-electron chi connectivity index (χ1n) is 6.90. The van der Waals surface area contributed by atoms with Gasteiger partial charge in [0.2, 0.25) is 0 Å². The van der Waals surface area contributed by atoms with Crippen molar-refractivity contribution in [2.24, 2.45) is 5.73 Å². The Hall–Kier alpha value is -0.760. The van der Waals surface area contributed by atoms with Crippen LogP contribution in [0, 0.1) is 0 Å². The summed E-state index contributed by atoms with van der Waals surface area (Å²) in [6.07, 6.45) is 3.20. The van der Waals surface area contributed by atoms with Crippen LogP contribution in [-0.2, 0) is 0 Å². The van der Waals surface area contributed by atoms with E-state index in [1.807, 2.05) is 21.7 Å². The molecule has 7 heteroatoms. The van der Waals surface area contributed by atoms with Gasteiger partial charge in [-0.3, -0.25) is 4.79 Å². The summed E-state index contributed by atoms with van der Waals surface area (Å²) in [5, 5.41) is 4.77. The zero-order chi connectivity index (χ0) is 14.8. The van der Waals surface area contributed by atoms with Crippen molar-refractivity contribution in [3.8, 4) is 9.88 Å². The van der Waals surface area contributed by atoms with Gasteiger partial charge in [-0.2, -0.15) is 0 Å². The number of rotatable bonds is 3. The van der Waals surface area contributed by atoms with Crippen molar-refractivity contribution >= 4 is 44.5 Å². The number of thiazole rings is 1. The molecule has 1 amide bonds. The minimum Gasteiger partial charge on any atom is -0.333 e. The molecule has 2 aromatic rings. The minimum atomic E-state index is 0.0169. The van der Waals surface area contributed by atoms with E-state index in [2.05, 4.69) is 20.9 Å². The summed E-state index contributed by atoms with van der Waals surface area (Å²) in [7, 11) is 0. The molecule has 1 aliphatic rings. The van der Waals surface area contributed by atoms with Crippen molar-refractivity contribution in [1.29, 1.82) is 0 Å². The van der Waals surface area contributed by atoms with E-state index >= 15 is 0 Å². The van der Waals surface area contributed by atoms with Crippen LogP contribution in [0.5, 0.6) is 0 Å². The number of carbonyl (C=O) groups excluding carboxylic acids is 1. The average Bonchev–Trinajstić information content (AvgIpc) is 3.15. The van der Waals surface area contributed by atoms with E-state index in [4.69, 9.17) is 5.73 Å². The molecule has 4 nitrogen and oxygen atoms in total. The second kappa shape index (κ2) is 6.56. The third-order valence-electron chi connectivity index (χ3n) is 3.66. The number of nitrogens with zero attached hydrogens (tertiary/aromatic N) is 2. The fraction of sp³-hybridized carbons (Fsp3) is 0.429. The Morgan fingerprint density at radius 3 is 3.00 bits per heavy atom. The highest BCUT2D eigenvalue weighted by molar-refractivity contribution is 9.10. The van der Waals surface area contributed by atoms with Gasteiger partial charge in [-0.1, -0.05) is 0 Å². The first-order valence-corrected chi connectivity index (χ1v) is 9.45. The summed E-state index contributed by atoms with van der Waals surface area (Å²) >= 11 is 6.58. The second-order valence-electron chi connectivity index (χ2n) is 5.05. The Morgan fingerprint density at radius 2 is 2.29 bits per heavy atom. The standard InChI is InChI=1S/C14H16BrN3OS2/c15-9-5-12(20-7-9)13-17-11(8-21-13)14(19)18-4-2-1-3-10(18)6-16/h5,7-8,10H,1-4,6,16H2. The van der Waals surface area contributed by atoms with Crippen LogP contribution >= 0.6 is 38.6 Å². The van der Waals surface area contributed by atoms with E-state index in [1.165, 1.54) is 11.3 Å². The molecule has 1 fully saturated rings. The molecule has 1 aliphatic heterocycles. The lowest BCUT2D eigenvalue weighted by atomic mass is 10.0. The van der Waals surface area contributed by atoms with Crippen LogP contribution in [0.3, 0.4) is 0 Å². The number of nitrogens with two attached hydrogens (primary N) is 1. The van der Waals surface area contributed by atoms with Gasteiger partial charge >= 0.3 is 0 Å². The number of hydrogen-bond acceptors (Lipinski definition) is 5. The van der Waals surface area contributed by atoms with Gasteiger partial charge in [0, 0.05) is 34.4 Å². The molecule has 112 valence electrons. The molecule has 1 saturated heterocycles. The van der Waals surface area contributed by atoms with E-state index in [9.17, 15) is 4.79 Å². The van der Waals surface area contributed by atoms with Crippen LogP contribution in [0.2, 0.25) is 0 Å². The number of hydrogen-bond donors (Lipinski definition) is 1. The zero-order valence-electron chi connectivity index (χ0n) is 11.4. The molecule has 2 N–H and O–H groups in total. The van der Waals surface area contributed by atoms with E-state index in [0.29, 0.717) is 12.2 Å². The lowest BCUT2D eigenvalue weighted by Crippen LogP contribution is -2.47. The second-order valence-corrected chi connectivity index (χ2v) is 7.74. The number of thiophene rings is 1. The molecule has 2 aromatic heterocycles. The third kappa shape index (κ3) is 3.21. The minimum absolute atomic E-state index is 0.0169. The largest absolute Gasteiger partial charge is 0.333 e. The molecule has 0 aromatic carbocycles. The number of likely N-dealkylation sites (tertiary alicyclic amines) is 1. The highest BCUT2D eigenvalue weighted by atomic mass is 79.9. The summed E-state index contributed by atoms with van der Waals surface area (Å²) in [5.41, 5.74) is 6.33. The molecular formula is C14H16BrN3OS2. The van der Waals surface area contributed by atoms with Crippen molar-refractivity contribution in [3.63, 3.8) is 0 Å². The number of amides is 1. The van der Waals surface area contributed by atoms with Crippen LogP contribution in [0.25, 0.3) is 9.88 Å². The van der Waals surface area contributed by atoms with Gasteiger partial charge in [-0.15, -0.1) is 22.7 Å². The normalized spacial score (nSPS) is 19.0. The van der Waals surface area contributed by atoms with Crippen LogP contribution in [0.4, 0.5) is 0 Å². The highest BCUT2D eigenvalue weighted by Gasteiger charge is 2.28. The van der Waals surface area contributed by atoms with Gasteiger partial charge in [0.25, 0.3) is 5.91 Å². The Morgan fingerprint density at radius 1 is 1.43 bits per heavy atom. The van der Waals surface area contributed by atoms with E-state index in [0.717, 1.165) is 40.2 Å². The third-order valence-corrected chi connectivity index (χ3v) is 6.36. The molecule has 0 radical (unpaired) electrons. The van der Waals surface area contributed by atoms with Gasteiger partial charge < -0.3 is 10.6 Å². The first kappa shape index (κ1) is 15.1. The van der Waals surface area contributed by atoms with Crippen molar-refractivity contribution in [3.05, 3.63) is 27.0 Å². The van der Waals surface area contributed by atoms with Gasteiger partial charge in [0.05, 0.1) is 4.88 Å². The smallest absolute Gasteiger partial charge is 0.273 e. The van der Waals surface area contributed by atoms with Crippen LogP contribution in [-0.4, -0.2) is 34.9 Å². The lowest BCUT2D eigenvalue weighted by molar-refractivity contribution is 0.0618. The van der Waals surface area contributed by atoms with Crippen LogP contribution in [0.15, 0.2) is 21.3 Å². The number of piperidine rings is 1. The summed E-state index contributed by atoms with van der Waals surface area (Å²) in [6, 6.07) is 2.19. The fourth-order valence-electron chi connectivity index (χ4n) is 2.57. The molecule has 0 spiro atoms.